The van der Waals surface area contributed by atoms with Crippen molar-refractivity contribution in [2.75, 3.05) is 17.2 Å². The summed E-state index contributed by atoms with van der Waals surface area (Å²) >= 11 is 7.56. The first-order valence-electron chi connectivity index (χ1n) is 6.72. The SMILES string of the molecule is CCOC(=O)c1sc(NC(=O)Nc2sc(=S)n(C)c2C)nc1C. The molecule has 0 atom stereocenters. The second-order valence-corrected chi connectivity index (χ2v) is 7.22. The van der Waals surface area contributed by atoms with Crippen LogP contribution in [0, 0.1) is 17.8 Å². The van der Waals surface area contributed by atoms with Gasteiger partial charge >= 0.3 is 12.0 Å². The Hall–Kier alpha value is -1.78. The van der Waals surface area contributed by atoms with E-state index in [1.54, 1.807) is 13.8 Å². The van der Waals surface area contributed by atoms with E-state index in [2.05, 4.69) is 15.6 Å². The van der Waals surface area contributed by atoms with Gasteiger partial charge in [-0.1, -0.05) is 22.7 Å². The lowest BCUT2D eigenvalue weighted by Crippen LogP contribution is -2.19. The van der Waals surface area contributed by atoms with E-state index < -0.39 is 12.0 Å². The van der Waals surface area contributed by atoms with Gasteiger partial charge in [-0.2, -0.15) is 0 Å². The fourth-order valence-corrected chi connectivity index (χ4v) is 3.82. The molecule has 2 rings (SSSR count). The number of carbonyl (C=O) groups excluding carboxylic acids is 2. The molecule has 0 saturated heterocycles. The van der Waals surface area contributed by atoms with Crippen molar-refractivity contribution < 1.29 is 14.3 Å². The minimum atomic E-state index is -0.437. The van der Waals surface area contributed by atoms with Crippen molar-refractivity contribution >= 4 is 57.0 Å². The highest BCUT2D eigenvalue weighted by Gasteiger charge is 2.18. The van der Waals surface area contributed by atoms with Crippen LogP contribution in [0.25, 0.3) is 0 Å². The number of thiazole rings is 2. The first-order chi connectivity index (χ1) is 10.8. The lowest BCUT2D eigenvalue weighted by Gasteiger charge is -2.04. The topological polar surface area (TPSA) is 85.2 Å². The van der Waals surface area contributed by atoms with E-state index in [0.717, 1.165) is 17.0 Å². The molecule has 23 heavy (non-hydrogen) atoms. The van der Waals surface area contributed by atoms with Gasteiger partial charge in [-0.3, -0.25) is 10.6 Å². The number of amides is 2. The largest absolute Gasteiger partial charge is 0.462 e. The predicted molar refractivity (Wildman–Crippen MR) is 94.3 cm³/mol. The third-order valence-corrected chi connectivity index (χ3v) is 5.63. The molecule has 2 amide bonds. The smallest absolute Gasteiger partial charge is 0.350 e. The molecule has 0 unspecified atom stereocenters. The summed E-state index contributed by atoms with van der Waals surface area (Å²) in [4.78, 5) is 28.4. The van der Waals surface area contributed by atoms with E-state index in [1.165, 1.54) is 11.3 Å². The number of carbonyl (C=O) groups is 2. The van der Waals surface area contributed by atoms with Crippen LogP contribution in [-0.4, -0.2) is 28.2 Å². The Labute approximate surface area is 146 Å². The van der Waals surface area contributed by atoms with Gasteiger partial charge in [-0.25, -0.2) is 14.6 Å². The van der Waals surface area contributed by atoms with Gasteiger partial charge in [0.25, 0.3) is 0 Å². The van der Waals surface area contributed by atoms with Crippen molar-refractivity contribution in [3.05, 3.63) is 20.2 Å². The highest BCUT2D eigenvalue weighted by molar-refractivity contribution is 7.73. The van der Waals surface area contributed by atoms with Crippen molar-refractivity contribution in [3.8, 4) is 0 Å². The zero-order chi connectivity index (χ0) is 17.1. The van der Waals surface area contributed by atoms with Crippen molar-refractivity contribution in [2.45, 2.75) is 20.8 Å². The van der Waals surface area contributed by atoms with Crippen LogP contribution in [0.1, 0.15) is 28.0 Å². The number of nitrogens with zero attached hydrogens (tertiary/aromatic N) is 2. The van der Waals surface area contributed by atoms with Crippen molar-refractivity contribution in [3.63, 3.8) is 0 Å². The molecule has 0 aliphatic rings. The summed E-state index contributed by atoms with van der Waals surface area (Å²) in [5.74, 6) is -0.437. The van der Waals surface area contributed by atoms with Crippen LogP contribution in [0.4, 0.5) is 14.9 Å². The number of nitrogens with one attached hydrogen (secondary N) is 2. The van der Waals surface area contributed by atoms with Crippen LogP contribution < -0.4 is 10.6 Å². The molecule has 2 aromatic heterocycles. The first kappa shape index (κ1) is 17.6. The first-order valence-corrected chi connectivity index (χ1v) is 8.76. The summed E-state index contributed by atoms with van der Waals surface area (Å²) in [5.41, 5.74) is 1.40. The molecule has 0 aliphatic heterocycles. The Morgan fingerprint density at radius 3 is 2.57 bits per heavy atom. The Bertz CT molecular complexity index is 806. The average molecular weight is 372 g/mol. The van der Waals surface area contributed by atoms with E-state index in [1.807, 2.05) is 18.5 Å². The lowest BCUT2D eigenvalue weighted by molar-refractivity contribution is 0.0531. The number of aromatic nitrogens is 2. The number of rotatable bonds is 4. The highest BCUT2D eigenvalue weighted by atomic mass is 32.1. The summed E-state index contributed by atoms with van der Waals surface area (Å²) in [6, 6.07) is -0.436. The molecule has 10 heteroatoms. The van der Waals surface area contributed by atoms with Crippen LogP contribution >= 0.6 is 34.9 Å². The second kappa shape index (κ2) is 7.20. The van der Waals surface area contributed by atoms with Gasteiger partial charge in [0.15, 0.2) is 9.09 Å². The number of esters is 1. The Kier molecular flexibility index (Phi) is 5.50. The quantitative estimate of drug-likeness (QED) is 0.631. The molecule has 0 aliphatic carbocycles. The molecule has 2 N–H and O–H groups in total. The normalized spacial score (nSPS) is 10.4. The maximum absolute atomic E-state index is 12.1. The lowest BCUT2D eigenvalue weighted by atomic mass is 10.4. The van der Waals surface area contributed by atoms with Crippen molar-refractivity contribution in [1.82, 2.24) is 9.55 Å². The summed E-state index contributed by atoms with van der Waals surface area (Å²) < 4.78 is 7.44. The number of hydrogen-bond donors (Lipinski definition) is 2. The highest BCUT2D eigenvalue weighted by Crippen LogP contribution is 2.26. The van der Waals surface area contributed by atoms with Gasteiger partial charge in [0.1, 0.15) is 9.88 Å². The van der Waals surface area contributed by atoms with Gasteiger partial charge in [0.05, 0.1) is 18.0 Å². The Balaban J connectivity index is 2.09. The predicted octanol–water partition coefficient (Wildman–Crippen LogP) is 3.71. The van der Waals surface area contributed by atoms with Gasteiger partial charge in [-0.15, -0.1) is 0 Å². The van der Waals surface area contributed by atoms with E-state index >= 15 is 0 Å². The Morgan fingerprint density at radius 1 is 1.30 bits per heavy atom. The summed E-state index contributed by atoms with van der Waals surface area (Å²) in [6.45, 7) is 5.59. The maximum Gasteiger partial charge on any atom is 0.350 e. The van der Waals surface area contributed by atoms with Crippen LogP contribution in [0.2, 0.25) is 0 Å². The fourth-order valence-electron chi connectivity index (χ4n) is 1.70. The zero-order valence-corrected chi connectivity index (χ0v) is 15.5. The van der Waals surface area contributed by atoms with Crippen molar-refractivity contribution in [1.29, 1.82) is 0 Å². The van der Waals surface area contributed by atoms with Gasteiger partial charge in [-0.05, 0) is 33.0 Å². The van der Waals surface area contributed by atoms with Crippen LogP contribution in [0.5, 0.6) is 0 Å². The van der Waals surface area contributed by atoms with E-state index in [0.29, 0.717) is 24.7 Å². The minimum Gasteiger partial charge on any atom is -0.462 e. The van der Waals surface area contributed by atoms with Gasteiger partial charge in [0.2, 0.25) is 0 Å². The molecule has 0 aromatic carbocycles. The van der Waals surface area contributed by atoms with Crippen LogP contribution in [0.15, 0.2) is 0 Å². The third-order valence-electron chi connectivity index (χ3n) is 3.00. The standard InChI is InChI=1S/C13H16N4O3S3/c1-5-20-10(18)8-6(2)14-12(22-8)16-11(19)15-9-7(3)17(4)13(21)23-9/h5H2,1-4H3,(H2,14,15,16,19). The Morgan fingerprint density at radius 2 is 2.00 bits per heavy atom. The minimum absolute atomic E-state index is 0.289. The van der Waals surface area contributed by atoms with E-state index in [9.17, 15) is 9.59 Å². The fraction of sp³-hybridized carbons (Fsp3) is 0.385. The van der Waals surface area contributed by atoms with E-state index in [4.69, 9.17) is 17.0 Å². The number of hydrogen-bond acceptors (Lipinski definition) is 7. The molecule has 0 bridgehead atoms. The number of urea groups is 1. The molecule has 0 spiro atoms. The molecule has 124 valence electrons. The number of ether oxygens (including phenoxy) is 1. The summed E-state index contributed by atoms with van der Waals surface area (Å²) in [5, 5.41) is 6.36. The third kappa shape index (κ3) is 3.95. The van der Waals surface area contributed by atoms with Gasteiger partial charge < -0.3 is 9.30 Å². The maximum atomic E-state index is 12.1. The molecule has 0 fully saturated rings. The molecular weight excluding hydrogens is 356 g/mol. The summed E-state index contributed by atoms with van der Waals surface area (Å²) in [7, 11) is 1.84. The monoisotopic (exact) mass is 372 g/mol. The second-order valence-electron chi connectivity index (χ2n) is 4.57. The molecular formula is C13H16N4O3S3. The molecule has 2 aromatic rings. The molecule has 0 saturated carbocycles. The van der Waals surface area contributed by atoms with Gasteiger partial charge in [0, 0.05) is 7.05 Å². The number of aryl methyl sites for hydroxylation is 1. The summed E-state index contributed by atoms with van der Waals surface area (Å²) in [6.07, 6.45) is 0. The number of anilines is 2. The molecule has 0 radical (unpaired) electrons. The average Bonchev–Trinajstić information content (AvgIpc) is 2.95. The van der Waals surface area contributed by atoms with E-state index in [-0.39, 0.29) is 6.61 Å². The zero-order valence-electron chi connectivity index (χ0n) is 13.1. The van der Waals surface area contributed by atoms with Crippen LogP contribution in [-0.2, 0) is 11.8 Å². The molecule has 2 heterocycles. The van der Waals surface area contributed by atoms with Crippen molar-refractivity contribution in [2.24, 2.45) is 7.05 Å². The van der Waals surface area contributed by atoms with Crippen LogP contribution in [0.3, 0.4) is 0 Å². The molecule has 7 nitrogen and oxygen atoms in total.